The van der Waals surface area contributed by atoms with Crippen LogP contribution in [0.5, 0.6) is 11.5 Å². The highest BCUT2D eigenvalue weighted by molar-refractivity contribution is 5.41. The fourth-order valence-corrected chi connectivity index (χ4v) is 1.80. The van der Waals surface area contributed by atoms with Crippen LogP contribution in [0.1, 0.15) is 32.4 Å². The Hall–Kier alpha value is -1.30. The molecule has 3 atom stereocenters. The highest BCUT2D eigenvalue weighted by Gasteiger charge is 2.22. The van der Waals surface area contributed by atoms with Crippen molar-refractivity contribution in [3.05, 3.63) is 23.8 Å². The molecule has 1 aromatic rings. The Morgan fingerprint density at radius 1 is 1.26 bits per heavy atom. The van der Waals surface area contributed by atoms with Gasteiger partial charge >= 0.3 is 0 Å². The first-order chi connectivity index (χ1) is 8.99. The SMILES string of the molecule is CCOC(C)O[C@@H](C)[C@H](O)c1cc(OC)ccc1O. The molecular weight excluding hydrogens is 248 g/mol. The van der Waals surface area contributed by atoms with Gasteiger partial charge in [-0.3, -0.25) is 0 Å². The van der Waals surface area contributed by atoms with Crippen LogP contribution in [-0.2, 0) is 9.47 Å². The van der Waals surface area contributed by atoms with Crippen LogP contribution in [0.4, 0.5) is 0 Å². The highest BCUT2D eigenvalue weighted by Crippen LogP contribution is 2.31. The molecule has 5 heteroatoms. The average Bonchev–Trinajstić information content (AvgIpc) is 2.38. The van der Waals surface area contributed by atoms with E-state index in [1.54, 1.807) is 26.0 Å². The van der Waals surface area contributed by atoms with E-state index >= 15 is 0 Å². The number of methoxy groups -OCH3 is 1. The zero-order valence-corrected chi connectivity index (χ0v) is 11.8. The molecule has 1 aromatic carbocycles. The van der Waals surface area contributed by atoms with Crippen molar-refractivity contribution in [2.75, 3.05) is 13.7 Å². The van der Waals surface area contributed by atoms with Gasteiger partial charge in [0.1, 0.15) is 17.6 Å². The number of benzene rings is 1. The van der Waals surface area contributed by atoms with Gasteiger partial charge in [-0.1, -0.05) is 0 Å². The Morgan fingerprint density at radius 2 is 1.95 bits per heavy atom. The van der Waals surface area contributed by atoms with Gasteiger partial charge in [0.15, 0.2) is 6.29 Å². The molecule has 108 valence electrons. The predicted octanol–water partition coefficient (Wildman–Crippen LogP) is 2.22. The molecule has 0 spiro atoms. The molecular formula is C14H22O5. The van der Waals surface area contributed by atoms with E-state index in [9.17, 15) is 10.2 Å². The Morgan fingerprint density at radius 3 is 2.53 bits per heavy atom. The lowest BCUT2D eigenvalue weighted by Crippen LogP contribution is -2.25. The second kappa shape index (κ2) is 7.33. The first kappa shape index (κ1) is 15.8. The lowest BCUT2D eigenvalue weighted by Gasteiger charge is -2.24. The fourth-order valence-electron chi connectivity index (χ4n) is 1.80. The van der Waals surface area contributed by atoms with Crippen LogP contribution in [0, 0.1) is 0 Å². The zero-order valence-electron chi connectivity index (χ0n) is 11.8. The summed E-state index contributed by atoms with van der Waals surface area (Å²) in [4.78, 5) is 0. The summed E-state index contributed by atoms with van der Waals surface area (Å²) >= 11 is 0. The summed E-state index contributed by atoms with van der Waals surface area (Å²) in [6.07, 6.45) is -1.89. The molecule has 1 rings (SSSR count). The van der Waals surface area contributed by atoms with E-state index in [1.165, 1.54) is 13.2 Å². The molecule has 0 fully saturated rings. The second-order valence-corrected chi connectivity index (χ2v) is 4.23. The topological polar surface area (TPSA) is 68.2 Å². The van der Waals surface area contributed by atoms with Gasteiger partial charge in [0.2, 0.25) is 0 Å². The Labute approximate surface area is 113 Å². The van der Waals surface area contributed by atoms with Gasteiger partial charge in [-0.15, -0.1) is 0 Å². The normalized spacial score (nSPS) is 15.8. The van der Waals surface area contributed by atoms with Crippen LogP contribution >= 0.6 is 0 Å². The zero-order chi connectivity index (χ0) is 14.4. The number of phenols is 1. The molecule has 2 N–H and O–H groups in total. The van der Waals surface area contributed by atoms with Crippen molar-refractivity contribution in [1.82, 2.24) is 0 Å². The van der Waals surface area contributed by atoms with E-state index in [1.807, 2.05) is 6.92 Å². The van der Waals surface area contributed by atoms with Crippen LogP contribution in [-0.4, -0.2) is 36.3 Å². The number of rotatable bonds is 7. The number of aliphatic hydroxyl groups is 1. The summed E-state index contributed by atoms with van der Waals surface area (Å²) in [5.41, 5.74) is 0.371. The molecule has 0 aliphatic carbocycles. The molecule has 0 aliphatic rings. The smallest absolute Gasteiger partial charge is 0.155 e. The summed E-state index contributed by atoms with van der Waals surface area (Å²) in [6.45, 7) is 5.89. The first-order valence-corrected chi connectivity index (χ1v) is 6.31. The van der Waals surface area contributed by atoms with Gasteiger partial charge in [-0.25, -0.2) is 0 Å². The molecule has 0 aromatic heterocycles. The van der Waals surface area contributed by atoms with E-state index in [0.29, 0.717) is 17.9 Å². The molecule has 0 aliphatic heterocycles. The summed E-state index contributed by atoms with van der Waals surface area (Å²) < 4.78 is 15.8. The predicted molar refractivity (Wildman–Crippen MR) is 71.3 cm³/mol. The third-order valence-electron chi connectivity index (χ3n) is 2.81. The van der Waals surface area contributed by atoms with Crippen molar-refractivity contribution >= 4 is 0 Å². The van der Waals surface area contributed by atoms with Crippen LogP contribution in [0.25, 0.3) is 0 Å². The maximum absolute atomic E-state index is 10.2. The van der Waals surface area contributed by atoms with Crippen LogP contribution in [0.2, 0.25) is 0 Å². The van der Waals surface area contributed by atoms with Crippen molar-refractivity contribution in [2.45, 2.75) is 39.3 Å². The van der Waals surface area contributed by atoms with Crippen molar-refractivity contribution in [3.8, 4) is 11.5 Å². The number of hydrogen-bond acceptors (Lipinski definition) is 5. The maximum atomic E-state index is 10.2. The average molecular weight is 270 g/mol. The van der Waals surface area contributed by atoms with Crippen molar-refractivity contribution < 1.29 is 24.4 Å². The summed E-state index contributed by atoms with van der Waals surface area (Å²) in [7, 11) is 1.53. The van der Waals surface area contributed by atoms with Crippen LogP contribution in [0.3, 0.4) is 0 Å². The minimum atomic E-state index is -0.960. The first-order valence-electron chi connectivity index (χ1n) is 6.31. The number of aliphatic hydroxyl groups excluding tert-OH is 1. The maximum Gasteiger partial charge on any atom is 0.155 e. The monoisotopic (exact) mass is 270 g/mol. The largest absolute Gasteiger partial charge is 0.508 e. The molecule has 1 unspecified atom stereocenters. The van der Waals surface area contributed by atoms with Crippen molar-refractivity contribution in [3.63, 3.8) is 0 Å². The fraction of sp³-hybridized carbons (Fsp3) is 0.571. The van der Waals surface area contributed by atoms with Gasteiger partial charge in [0.25, 0.3) is 0 Å². The third-order valence-corrected chi connectivity index (χ3v) is 2.81. The highest BCUT2D eigenvalue weighted by atomic mass is 16.7. The number of aromatic hydroxyl groups is 1. The molecule has 0 heterocycles. The van der Waals surface area contributed by atoms with Crippen molar-refractivity contribution in [2.24, 2.45) is 0 Å². The van der Waals surface area contributed by atoms with Gasteiger partial charge < -0.3 is 24.4 Å². The Kier molecular flexibility index (Phi) is 6.08. The van der Waals surface area contributed by atoms with E-state index in [0.717, 1.165) is 0 Å². The van der Waals surface area contributed by atoms with Gasteiger partial charge in [-0.2, -0.15) is 0 Å². The van der Waals surface area contributed by atoms with Gasteiger partial charge in [-0.05, 0) is 39.0 Å². The standard InChI is InChI=1S/C14H22O5/c1-5-18-10(3)19-9(2)14(16)12-8-11(17-4)6-7-13(12)15/h6-10,14-16H,5H2,1-4H3/t9-,10?,14-/m0/s1. The lowest BCUT2D eigenvalue weighted by molar-refractivity contribution is -0.176. The molecule has 0 bridgehead atoms. The molecule has 0 amide bonds. The molecule has 0 saturated heterocycles. The Balaban J connectivity index is 2.78. The summed E-state index contributed by atoms with van der Waals surface area (Å²) in [5, 5.41) is 20.0. The molecule has 0 radical (unpaired) electrons. The molecule has 19 heavy (non-hydrogen) atoms. The van der Waals surface area contributed by atoms with E-state index in [2.05, 4.69) is 0 Å². The lowest BCUT2D eigenvalue weighted by atomic mass is 10.0. The quantitative estimate of drug-likeness (QED) is 0.744. The number of ether oxygens (including phenoxy) is 3. The van der Waals surface area contributed by atoms with E-state index < -0.39 is 18.5 Å². The van der Waals surface area contributed by atoms with E-state index in [4.69, 9.17) is 14.2 Å². The van der Waals surface area contributed by atoms with Gasteiger partial charge in [0, 0.05) is 12.2 Å². The number of phenolic OH excluding ortho intramolecular Hbond substituents is 1. The Bertz CT molecular complexity index is 393. The minimum Gasteiger partial charge on any atom is -0.508 e. The van der Waals surface area contributed by atoms with Crippen LogP contribution in [0.15, 0.2) is 18.2 Å². The third kappa shape index (κ3) is 4.38. The van der Waals surface area contributed by atoms with Crippen LogP contribution < -0.4 is 4.74 Å². The van der Waals surface area contributed by atoms with Gasteiger partial charge in [0.05, 0.1) is 13.2 Å². The minimum absolute atomic E-state index is 0.00723. The molecule has 0 saturated carbocycles. The second-order valence-electron chi connectivity index (χ2n) is 4.23. The van der Waals surface area contributed by atoms with E-state index in [-0.39, 0.29) is 5.75 Å². The number of hydrogen-bond donors (Lipinski definition) is 2. The summed E-state index contributed by atoms with van der Waals surface area (Å²) in [5.74, 6) is 0.574. The van der Waals surface area contributed by atoms with Crippen molar-refractivity contribution in [1.29, 1.82) is 0 Å². The summed E-state index contributed by atoms with van der Waals surface area (Å²) in [6, 6.07) is 4.70. The molecule has 5 nitrogen and oxygen atoms in total.